The van der Waals surface area contributed by atoms with E-state index >= 15 is 0 Å². The molecule has 2 aliphatic heterocycles. The molecule has 2 aromatic carbocycles. The molecule has 0 aliphatic carbocycles. The van der Waals surface area contributed by atoms with Crippen molar-refractivity contribution in [2.45, 2.75) is 36.0 Å². The summed E-state index contributed by atoms with van der Waals surface area (Å²) in [6.07, 6.45) is 2.72. The molecule has 2 aliphatic rings. The molecule has 3 N–H and O–H groups in total. The van der Waals surface area contributed by atoms with Crippen molar-refractivity contribution in [1.82, 2.24) is 10.2 Å². The van der Waals surface area contributed by atoms with Gasteiger partial charge in [-0.15, -0.1) is 11.8 Å². The number of piperidine rings is 1. The Balaban J connectivity index is 1.15. The first-order chi connectivity index (χ1) is 16.0. The summed E-state index contributed by atoms with van der Waals surface area (Å²) in [5.41, 5.74) is 0.821. The van der Waals surface area contributed by atoms with Gasteiger partial charge in [-0.3, -0.25) is 9.69 Å². The number of rotatable bonds is 8. The van der Waals surface area contributed by atoms with E-state index in [2.05, 4.69) is 15.5 Å². The third-order valence-corrected chi connectivity index (χ3v) is 6.94. The first-order valence-electron chi connectivity index (χ1n) is 11.2. The van der Waals surface area contributed by atoms with Gasteiger partial charge >= 0.3 is 0 Å². The Hall–Kier alpha value is -1.97. The van der Waals surface area contributed by atoms with Crippen LogP contribution in [0.15, 0.2) is 47.4 Å². The Morgan fingerprint density at radius 2 is 1.97 bits per heavy atom. The summed E-state index contributed by atoms with van der Waals surface area (Å²) in [4.78, 5) is 15.7. The lowest BCUT2D eigenvalue weighted by Gasteiger charge is -2.34. The van der Waals surface area contributed by atoms with Gasteiger partial charge in [-0.25, -0.2) is 0 Å². The van der Waals surface area contributed by atoms with Crippen molar-refractivity contribution in [3.8, 4) is 11.5 Å². The number of halogens is 1. The number of likely N-dealkylation sites (tertiary alicyclic amines) is 1. The number of hydrogen-bond donors (Lipinski definition) is 3. The maximum Gasteiger partial charge on any atom is 0.238 e. The summed E-state index contributed by atoms with van der Waals surface area (Å²) in [5.74, 6) is 1.21. The van der Waals surface area contributed by atoms with Crippen LogP contribution in [0, 0.1) is 0 Å². The predicted octanol–water partition coefficient (Wildman–Crippen LogP) is 3.26. The minimum atomic E-state index is -0.696. The van der Waals surface area contributed by atoms with Crippen LogP contribution in [-0.2, 0) is 4.79 Å². The number of fused-ring (bicyclic) bond motifs is 1. The molecule has 0 spiro atoms. The van der Waals surface area contributed by atoms with E-state index in [4.69, 9.17) is 21.1 Å². The van der Waals surface area contributed by atoms with E-state index in [9.17, 15) is 9.90 Å². The Morgan fingerprint density at radius 3 is 2.70 bits per heavy atom. The zero-order valence-electron chi connectivity index (χ0n) is 18.6. The van der Waals surface area contributed by atoms with Crippen molar-refractivity contribution in [2.75, 3.05) is 44.4 Å². The highest BCUT2D eigenvalue weighted by Crippen LogP contribution is 2.34. The first-order valence-corrected chi connectivity index (χ1v) is 12.8. The number of hydrogen-bond acceptors (Lipinski definition) is 7. The zero-order valence-corrected chi connectivity index (χ0v) is 20.2. The second-order valence-corrected chi connectivity index (χ2v) is 9.68. The lowest BCUT2D eigenvalue weighted by molar-refractivity contribution is -0.117. The fraction of sp³-hybridized carbons (Fsp3) is 0.458. The number of carbonyl (C=O) groups is 1. The highest BCUT2D eigenvalue weighted by atomic mass is 35.5. The van der Waals surface area contributed by atoms with Crippen molar-refractivity contribution in [1.29, 1.82) is 0 Å². The zero-order chi connectivity index (χ0) is 23.2. The fourth-order valence-electron chi connectivity index (χ4n) is 4.04. The average Bonchev–Trinajstić information content (AvgIpc) is 2.83. The number of nitrogens with zero attached hydrogens (tertiary/aromatic N) is 1. The van der Waals surface area contributed by atoms with E-state index in [-0.39, 0.29) is 5.91 Å². The lowest BCUT2D eigenvalue weighted by atomic mass is 10.0. The molecule has 1 fully saturated rings. The average molecular weight is 492 g/mol. The topological polar surface area (TPSA) is 83.1 Å². The molecule has 2 unspecified atom stereocenters. The van der Waals surface area contributed by atoms with Crippen molar-refractivity contribution >= 4 is 35.0 Å². The van der Waals surface area contributed by atoms with E-state index in [1.54, 1.807) is 30.0 Å². The summed E-state index contributed by atoms with van der Waals surface area (Å²) in [6, 6.07) is 13.4. The van der Waals surface area contributed by atoms with Crippen molar-refractivity contribution in [3.05, 3.63) is 47.5 Å². The van der Waals surface area contributed by atoms with E-state index in [1.165, 1.54) is 4.90 Å². The first kappa shape index (κ1) is 24.2. The van der Waals surface area contributed by atoms with Gasteiger partial charge in [-0.2, -0.15) is 0 Å². The molecule has 9 heteroatoms. The molecule has 0 aromatic heterocycles. The third-order valence-electron chi connectivity index (χ3n) is 5.96. The van der Waals surface area contributed by atoms with Crippen molar-refractivity contribution in [2.24, 2.45) is 0 Å². The molecule has 0 saturated carbocycles. The normalized spacial score (nSPS) is 19.8. The van der Waals surface area contributed by atoms with Crippen LogP contribution in [0.5, 0.6) is 11.5 Å². The number of nitrogens with one attached hydrogen (secondary N) is 2. The Morgan fingerprint density at radius 1 is 1.21 bits per heavy atom. The molecule has 0 bridgehead atoms. The summed E-state index contributed by atoms with van der Waals surface area (Å²) >= 11 is 7.70. The molecule has 0 radical (unpaired) electrons. The Bertz CT molecular complexity index is 938. The summed E-state index contributed by atoms with van der Waals surface area (Å²) < 4.78 is 11.6. The standard InChI is InChI=1S/C24H30ClN3O4S/c1-33-19-5-3-18(4-6-19)27-24(30)14-28-10-8-17(9-11-28)26-13-20(29)23-15-31-21-7-2-16(25)12-22(21)32-23/h2-7,12,17,20,23,26,29H,8-11,13-15H2,1H3,(H,27,30). The monoisotopic (exact) mass is 491 g/mol. The van der Waals surface area contributed by atoms with Gasteiger partial charge in [-0.05, 0) is 55.5 Å². The number of aliphatic hydroxyl groups is 1. The molecule has 2 heterocycles. The molecular formula is C24H30ClN3O4S. The SMILES string of the molecule is CSc1ccc(NC(=O)CN2CCC(NCC(O)C3COc4ccc(Cl)cc4O3)CC2)cc1. The van der Waals surface area contributed by atoms with Gasteiger partial charge in [0.05, 0.1) is 6.54 Å². The van der Waals surface area contributed by atoms with Crippen LogP contribution in [-0.4, -0.2) is 73.2 Å². The predicted molar refractivity (Wildman–Crippen MR) is 132 cm³/mol. The summed E-state index contributed by atoms with van der Waals surface area (Å²) in [6.45, 7) is 2.77. The second kappa shape index (κ2) is 11.4. The Labute approximate surface area is 203 Å². The third kappa shape index (κ3) is 6.77. The number of aliphatic hydroxyl groups excluding tert-OH is 1. The molecular weight excluding hydrogens is 462 g/mol. The minimum absolute atomic E-state index is 0.00330. The largest absolute Gasteiger partial charge is 0.486 e. The van der Waals surface area contributed by atoms with Crippen LogP contribution in [0.1, 0.15) is 12.8 Å². The highest BCUT2D eigenvalue weighted by molar-refractivity contribution is 7.98. The van der Waals surface area contributed by atoms with Crippen LogP contribution in [0.25, 0.3) is 0 Å². The van der Waals surface area contributed by atoms with E-state index in [1.807, 2.05) is 30.5 Å². The van der Waals surface area contributed by atoms with Gasteiger partial charge in [0.25, 0.3) is 0 Å². The molecule has 33 heavy (non-hydrogen) atoms. The maximum atomic E-state index is 12.4. The molecule has 7 nitrogen and oxygen atoms in total. The van der Waals surface area contributed by atoms with E-state index in [0.29, 0.717) is 42.3 Å². The molecule has 1 amide bonds. The van der Waals surface area contributed by atoms with E-state index < -0.39 is 12.2 Å². The number of carbonyl (C=O) groups excluding carboxylic acids is 1. The second-order valence-electron chi connectivity index (χ2n) is 8.36. The van der Waals surface area contributed by atoms with Crippen LogP contribution in [0.3, 0.4) is 0 Å². The molecule has 4 rings (SSSR count). The lowest BCUT2D eigenvalue weighted by Crippen LogP contribution is -2.50. The number of anilines is 1. The fourth-order valence-corrected chi connectivity index (χ4v) is 4.61. The number of benzene rings is 2. The van der Waals surface area contributed by atoms with Gasteiger partial charge in [0, 0.05) is 47.3 Å². The van der Waals surface area contributed by atoms with Crippen molar-refractivity contribution in [3.63, 3.8) is 0 Å². The molecule has 1 saturated heterocycles. The highest BCUT2D eigenvalue weighted by Gasteiger charge is 2.29. The van der Waals surface area contributed by atoms with Gasteiger partial charge in [0.1, 0.15) is 12.7 Å². The summed E-state index contributed by atoms with van der Waals surface area (Å²) in [7, 11) is 0. The molecule has 2 atom stereocenters. The molecule has 178 valence electrons. The van der Waals surface area contributed by atoms with Crippen LogP contribution in [0.4, 0.5) is 5.69 Å². The van der Waals surface area contributed by atoms with Crippen molar-refractivity contribution < 1.29 is 19.4 Å². The Kier molecular flexibility index (Phi) is 8.38. The molecule has 2 aromatic rings. The van der Waals surface area contributed by atoms with Crippen LogP contribution >= 0.6 is 23.4 Å². The van der Waals surface area contributed by atoms with Crippen LogP contribution in [0.2, 0.25) is 5.02 Å². The summed E-state index contributed by atoms with van der Waals surface area (Å²) in [5, 5.41) is 17.6. The van der Waals surface area contributed by atoms with Gasteiger partial charge in [-0.1, -0.05) is 11.6 Å². The van der Waals surface area contributed by atoms with Gasteiger partial charge in [0.15, 0.2) is 17.6 Å². The maximum absolute atomic E-state index is 12.4. The quantitative estimate of drug-likeness (QED) is 0.489. The minimum Gasteiger partial charge on any atom is -0.486 e. The van der Waals surface area contributed by atoms with Gasteiger partial charge in [0.2, 0.25) is 5.91 Å². The number of ether oxygens (including phenoxy) is 2. The van der Waals surface area contributed by atoms with Gasteiger partial charge < -0.3 is 25.2 Å². The number of amides is 1. The smallest absolute Gasteiger partial charge is 0.238 e. The number of thioether (sulfide) groups is 1. The van der Waals surface area contributed by atoms with E-state index in [0.717, 1.165) is 31.6 Å². The van der Waals surface area contributed by atoms with Crippen LogP contribution < -0.4 is 20.1 Å².